The Morgan fingerprint density at radius 1 is 1.14 bits per heavy atom. The van der Waals surface area contributed by atoms with Crippen LogP contribution in [0.15, 0.2) is 48.5 Å². The molecule has 21 heavy (non-hydrogen) atoms. The second kappa shape index (κ2) is 5.24. The van der Waals surface area contributed by atoms with E-state index in [4.69, 9.17) is 9.47 Å². The van der Waals surface area contributed by atoms with Gasteiger partial charge < -0.3 is 9.47 Å². The molecule has 1 heterocycles. The van der Waals surface area contributed by atoms with E-state index in [-0.39, 0.29) is 5.78 Å². The van der Waals surface area contributed by atoms with Gasteiger partial charge >= 0.3 is 0 Å². The number of fused-ring (bicyclic) bond motifs is 1. The van der Waals surface area contributed by atoms with E-state index >= 15 is 0 Å². The summed E-state index contributed by atoms with van der Waals surface area (Å²) in [5.41, 5.74) is 1.29. The number of Topliss-reactive ketones (excluding diaryl/α,β-unsaturated/α-hetero) is 1. The fraction of sp³-hybridized carbons (Fsp3) is 0.278. The normalized spacial score (nSPS) is 16.0. The zero-order chi connectivity index (χ0) is 14.9. The molecule has 0 aliphatic carbocycles. The second-order valence-corrected chi connectivity index (χ2v) is 5.89. The molecule has 3 rings (SSSR count). The van der Waals surface area contributed by atoms with Crippen LogP contribution in [0.5, 0.6) is 11.5 Å². The van der Waals surface area contributed by atoms with E-state index in [0.29, 0.717) is 30.1 Å². The molecule has 1 aliphatic rings. The Balaban J connectivity index is 1.78. The second-order valence-electron chi connectivity index (χ2n) is 5.89. The summed E-state index contributed by atoms with van der Waals surface area (Å²) in [6, 6.07) is 15.4. The Kier molecular flexibility index (Phi) is 3.42. The Morgan fingerprint density at radius 2 is 1.90 bits per heavy atom. The van der Waals surface area contributed by atoms with E-state index in [1.807, 2.05) is 50.2 Å². The lowest BCUT2D eigenvalue weighted by molar-refractivity contribution is 0.0618. The van der Waals surface area contributed by atoms with E-state index in [1.54, 1.807) is 12.1 Å². The summed E-state index contributed by atoms with van der Waals surface area (Å²) in [5, 5.41) is 0. The smallest absolute Gasteiger partial charge is 0.170 e. The summed E-state index contributed by atoms with van der Waals surface area (Å²) < 4.78 is 11.7. The Labute approximate surface area is 124 Å². The first-order chi connectivity index (χ1) is 10.0. The van der Waals surface area contributed by atoms with Gasteiger partial charge in [0.1, 0.15) is 23.7 Å². The molecular weight excluding hydrogens is 264 g/mol. The van der Waals surface area contributed by atoms with Crippen LogP contribution in [0.2, 0.25) is 0 Å². The first-order valence-electron chi connectivity index (χ1n) is 7.06. The molecule has 2 aromatic carbocycles. The van der Waals surface area contributed by atoms with Crippen LogP contribution in [0.25, 0.3) is 0 Å². The summed E-state index contributed by atoms with van der Waals surface area (Å²) in [5.74, 6) is 1.45. The maximum absolute atomic E-state index is 12.1. The molecule has 0 amide bonds. The van der Waals surface area contributed by atoms with Gasteiger partial charge in [0.2, 0.25) is 0 Å². The van der Waals surface area contributed by atoms with Crippen LogP contribution < -0.4 is 9.47 Å². The number of carbonyl (C=O) groups is 1. The fourth-order valence-electron chi connectivity index (χ4n) is 2.46. The molecule has 1 aliphatic heterocycles. The van der Waals surface area contributed by atoms with Crippen molar-refractivity contribution in [3.05, 3.63) is 59.7 Å². The van der Waals surface area contributed by atoms with Crippen molar-refractivity contribution >= 4 is 5.78 Å². The Hall–Kier alpha value is -2.29. The van der Waals surface area contributed by atoms with Gasteiger partial charge in [-0.2, -0.15) is 0 Å². The van der Waals surface area contributed by atoms with Crippen LogP contribution in [0.4, 0.5) is 0 Å². The zero-order valence-corrected chi connectivity index (χ0v) is 12.3. The monoisotopic (exact) mass is 282 g/mol. The van der Waals surface area contributed by atoms with Gasteiger partial charge in [-0.3, -0.25) is 4.79 Å². The topological polar surface area (TPSA) is 35.5 Å². The standard InChI is InChI=1S/C18H18O3/c1-18(2)11-16(19)15-9-8-14(10-17(15)21-18)20-12-13-6-4-3-5-7-13/h3-10H,11-12H2,1-2H3. The van der Waals surface area contributed by atoms with Crippen LogP contribution >= 0.6 is 0 Å². The molecule has 0 saturated heterocycles. The lowest BCUT2D eigenvalue weighted by atomic mass is 9.93. The van der Waals surface area contributed by atoms with E-state index in [0.717, 1.165) is 5.56 Å². The van der Waals surface area contributed by atoms with Crippen molar-refractivity contribution in [2.45, 2.75) is 32.5 Å². The van der Waals surface area contributed by atoms with E-state index < -0.39 is 5.60 Å². The summed E-state index contributed by atoms with van der Waals surface area (Å²) in [6.07, 6.45) is 0.407. The van der Waals surface area contributed by atoms with Crippen molar-refractivity contribution < 1.29 is 14.3 Å². The maximum Gasteiger partial charge on any atom is 0.170 e. The fourth-order valence-corrected chi connectivity index (χ4v) is 2.46. The van der Waals surface area contributed by atoms with Gasteiger partial charge in [0.05, 0.1) is 12.0 Å². The van der Waals surface area contributed by atoms with Crippen LogP contribution in [0.3, 0.4) is 0 Å². The highest BCUT2D eigenvalue weighted by molar-refractivity contribution is 6.00. The number of ether oxygens (including phenoxy) is 2. The van der Waals surface area contributed by atoms with Crippen molar-refractivity contribution in [1.82, 2.24) is 0 Å². The van der Waals surface area contributed by atoms with Crippen molar-refractivity contribution in [2.75, 3.05) is 0 Å². The predicted octanol–water partition coefficient (Wildman–Crippen LogP) is 4.01. The third-order valence-corrected chi connectivity index (χ3v) is 3.47. The zero-order valence-electron chi connectivity index (χ0n) is 12.3. The molecule has 0 radical (unpaired) electrons. The van der Waals surface area contributed by atoms with Gasteiger partial charge in [-0.1, -0.05) is 30.3 Å². The molecule has 0 spiro atoms. The van der Waals surface area contributed by atoms with Crippen molar-refractivity contribution in [3.8, 4) is 11.5 Å². The van der Waals surface area contributed by atoms with E-state index in [9.17, 15) is 4.79 Å². The molecule has 3 heteroatoms. The number of benzene rings is 2. The Morgan fingerprint density at radius 3 is 2.67 bits per heavy atom. The number of carbonyl (C=O) groups excluding carboxylic acids is 1. The lowest BCUT2D eigenvalue weighted by Gasteiger charge is -2.31. The largest absolute Gasteiger partial charge is 0.489 e. The molecule has 2 aromatic rings. The van der Waals surface area contributed by atoms with Crippen LogP contribution in [0, 0.1) is 0 Å². The molecule has 0 atom stereocenters. The van der Waals surface area contributed by atoms with E-state index in [2.05, 4.69) is 0 Å². The first-order valence-corrected chi connectivity index (χ1v) is 7.06. The summed E-state index contributed by atoms with van der Waals surface area (Å²) >= 11 is 0. The van der Waals surface area contributed by atoms with Gasteiger partial charge in [-0.15, -0.1) is 0 Å². The van der Waals surface area contributed by atoms with Crippen LogP contribution in [0.1, 0.15) is 36.2 Å². The SMILES string of the molecule is CC1(C)CC(=O)c2ccc(OCc3ccccc3)cc2O1. The molecule has 0 N–H and O–H groups in total. The van der Waals surface area contributed by atoms with Crippen molar-refractivity contribution in [3.63, 3.8) is 0 Å². The van der Waals surface area contributed by atoms with Gasteiger partial charge in [-0.05, 0) is 31.5 Å². The highest BCUT2D eigenvalue weighted by Crippen LogP contribution is 2.35. The quantitative estimate of drug-likeness (QED) is 0.853. The summed E-state index contributed by atoms with van der Waals surface area (Å²) in [4.78, 5) is 12.1. The average molecular weight is 282 g/mol. The maximum atomic E-state index is 12.1. The molecule has 0 bridgehead atoms. The molecule has 0 unspecified atom stereocenters. The van der Waals surface area contributed by atoms with Crippen molar-refractivity contribution in [1.29, 1.82) is 0 Å². The highest BCUT2D eigenvalue weighted by Gasteiger charge is 2.32. The lowest BCUT2D eigenvalue weighted by Crippen LogP contribution is -2.35. The molecule has 0 aromatic heterocycles. The number of rotatable bonds is 3. The number of hydrogen-bond acceptors (Lipinski definition) is 3. The molecular formula is C18H18O3. The molecule has 3 nitrogen and oxygen atoms in total. The van der Waals surface area contributed by atoms with Gasteiger partial charge in [0.15, 0.2) is 5.78 Å². The number of ketones is 1. The average Bonchev–Trinajstić information content (AvgIpc) is 2.44. The predicted molar refractivity (Wildman–Crippen MR) is 80.9 cm³/mol. The van der Waals surface area contributed by atoms with Crippen molar-refractivity contribution in [2.24, 2.45) is 0 Å². The van der Waals surface area contributed by atoms with E-state index in [1.165, 1.54) is 0 Å². The van der Waals surface area contributed by atoms with Gasteiger partial charge in [0.25, 0.3) is 0 Å². The highest BCUT2D eigenvalue weighted by atomic mass is 16.5. The van der Waals surface area contributed by atoms with Gasteiger partial charge in [-0.25, -0.2) is 0 Å². The summed E-state index contributed by atoms with van der Waals surface area (Å²) in [6.45, 7) is 4.34. The minimum absolute atomic E-state index is 0.121. The third-order valence-electron chi connectivity index (χ3n) is 3.47. The molecule has 0 fully saturated rings. The number of hydrogen-bond donors (Lipinski definition) is 0. The molecule has 0 saturated carbocycles. The van der Waals surface area contributed by atoms with Gasteiger partial charge in [0, 0.05) is 6.07 Å². The van der Waals surface area contributed by atoms with Crippen LogP contribution in [-0.4, -0.2) is 11.4 Å². The first kappa shape index (κ1) is 13.7. The minimum Gasteiger partial charge on any atom is -0.489 e. The van der Waals surface area contributed by atoms with Crippen LogP contribution in [-0.2, 0) is 6.61 Å². The minimum atomic E-state index is -0.456. The third kappa shape index (κ3) is 3.07. The molecule has 108 valence electrons. The Bertz CT molecular complexity index is 659. The summed E-state index contributed by atoms with van der Waals surface area (Å²) in [7, 11) is 0.